The van der Waals surface area contributed by atoms with E-state index in [2.05, 4.69) is 9.97 Å². The third kappa shape index (κ3) is 3.52. The number of esters is 1. The number of carbonyl (C=O) groups is 2. The van der Waals surface area contributed by atoms with Gasteiger partial charge in [-0.05, 0) is 18.6 Å². The highest BCUT2D eigenvalue weighted by Gasteiger charge is 2.23. The van der Waals surface area contributed by atoms with Gasteiger partial charge in [-0.25, -0.2) is 9.78 Å². The highest BCUT2D eigenvalue weighted by Crippen LogP contribution is 2.33. The molecule has 6 nitrogen and oxygen atoms in total. The number of fused-ring (bicyclic) bond motifs is 1. The second-order valence-electron chi connectivity index (χ2n) is 6.71. The Hall–Kier alpha value is -3.80. The minimum Gasteiger partial charge on any atom is -0.453 e. The second kappa shape index (κ2) is 7.67. The number of para-hydroxylation sites is 1. The fraction of sp³-hybridized carbons (Fsp3) is 0.130. The van der Waals surface area contributed by atoms with E-state index in [1.165, 1.54) is 12.4 Å². The summed E-state index contributed by atoms with van der Waals surface area (Å²) in [6.45, 7) is 1.40. The number of aromatic nitrogens is 3. The predicted molar refractivity (Wildman–Crippen MR) is 110 cm³/mol. The van der Waals surface area contributed by atoms with E-state index in [4.69, 9.17) is 4.74 Å². The van der Waals surface area contributed by atoms with Crippen LogP contribution in [0.25, 0.3) is 22.2 Å². The molecule has 0 aliphatic rings. The van der Waals surface area contributed by atoms with Gasteiger partial charge < -0.3 is 9.30 Å². The molecule has 4 rings (SSSR count). The topological polar surface area (TPSA) is 74.1 Å². The summed E-state index contributed by atoms with van der Waals surface area (Å²) in [5.74, 6) is -0.943. The van der Waals surface area contributed by atoms with Crippen molar-refractivity contribution in [2.45, 2.75) is 6.92 Å². The normalized spacial score (nSPS) is 10.8. The lowest BCUT2D eigenvalue weighted by Gasteiger charge is -2.08. The lowest BCUT2D eigenvalue weighted by molar-refractivity contribution is 0.0469. The first kappa shape index (κ1) is 18.6. The molecule has 0 atom stereocenters. The highest BCUT2D eigenvalue weighted by atomic mass is 16.5. The number of ketones is 1. The molecule has 4 aromatic rings. The first-order valence-corrected chi connectivity index (χ1v) is 9.18. The van der Waals surface area contributed by atoms with Gasteiger partial charge in [-0.2, -0.15) is 0 Å². The Bertz CT molecular complexity index is 1200. The Kier molecular flexibility index (Phi) is 4.91. The number of aryl methyl sites for hydroxylation is 2. The monoisotopic (exact) mass is 385 g/mol. The summed E-state index contributed by atoms with van der Waals surface area (Å²) in [6.07, 6.45) is 2.83. The fourth-order valence-electron chi connectivity index (χ4n) is 3.38. The number of Topliss-reactive ketones (excluding diaryl/α,β-unsaturated/α-hetero) is 1. The van der Waals surface area contributed by atoms with Crippen LogP contribution in [0.2, 0.25) is 0 Å². The van der Waals surface area contributed by atoms with Crippen molar-refractivity contribution >= 4 is 22.7 Å². The van der Waals surface area contributed by atoms with E-state index in [1.54, 1.807) is 6.92 Å². The number of hydrogen-bond donors (Lipinski definition) is 0. The molecule has 0 aliphatic heterocycles. The van der Waals surface area contributed by atoms with Gasteiger partial charge in [0, 0.05) is 24.1 Å². The van der Waals surface area contributed by atoms with E-state index >= 15 is 0 Å². The van der Waals surface area contributed by atoms with Crippen molar-refractivity contribution in [1.82, 2.24) is 14.5 Å². The van der Waals surface area contributed by atoms with Crippen molar-refractivity contribution in [1.29, 1.82) is 0 Å². The first-order valence-electron chi connectivity index (χ1n) is 9.18. The summed E-state index contributed by atoms with van der Waals surface area (Å²) >= 11 is 0. The van der Waals surface area contributed by atoms with Crippen molar-refractivity contribution in [2.24, 2.45) is 7.05 Å². The quantitative estimate of drug-likeness (QED) is 0.384. The Balaban J connectivity index is 1.68. The molecule has 2 aromatic heterocycles. The number of carbonyl (C=O) groups excluding carboxylic acids is 2. The maximum absolute atomic E-state index is 13.1. The summed E-state index contributed by atoms with van der Waals surface area (Å²) in [5, 5.41) is 0.824. The molecule has 0 radical (unpaired) electrons. The lowest BCUT2D eigenvalue weighted by atomic mass is 10.0. The average molecular weight is 385 g/mol. The minimum absolute atomic E-state index is 0.0737. The van der Waals surface area contributed by atoms with Crippen LogP contribution >= 0.6 is 0 Å². The van der Waals surface area contributed by atoms with Crippen LogP contribution in [0.15, 0.2) is 67.0 Å². The summed E-state index contributed by atoms with van der Waals surface area (Å²) in [5.41, 5.74) is 3.96. The van der Waals surface area contributed by atoms with Crippen LogP contribution in [0.1, 0.15) is 26.5 Å². The smallest absolute Gasteiger partial charge is 0.358 e. The zero-order valence-electron chi connectivity index (χ0n) is 16.1. The molecule has 0 aliphatic carbocycles. The van der Waals surface area contributed by atoms with Gasteiger partial charge in [0.1, 0.15) is 0 Å². The van der Waals surface area contributed by atoms with Crippen LogP contribution in [0.5, 0.6) is 0 Å². The van der Waals surface area contributed by atoms with Crippen molar-refractivity contribution < 1.29 is 14.3 Å². The molecule has 0 N–H and O–H groups in total. The predicted octanol–water partition coefficient (Wildman–Crippen LogP) is 3.98. The van der Waals surface area contributed by atoms with Gasteiger partial charge >= 0.3 is 5.97 Å². The molecule has 2 heterocycles. The van der Waals surface area contributed by atoms with Gasteiger partial charge in [0.25, 0.3) is 0 Å². The maximum Gasteiger partial charge on any atom is 0.358 e. The molecule has 0 amide bonds. The van der Waals surface area contributed by atoms with Crippen LogP contribution in [-0.4, -0.2) is 32.9 Å². The summed E-state index contributed by atoms with van der Waals surface area (Å²) in [7, 11) is 1.93. The molecule has 0 bridgehead atoms. The van der Waals surface area contributed by atoms with Crippen molar-refractivity contribution in [3.8, 4) is 11.3 Å². The summed E-state index contributed by atoms with van der Waals surface area (Å²) < 4.78 is 7.22. The third-order valence-corrected chi connectivity index (χ3v) is 4.76. The molecule has 144 valence electrons. The number of benzene rings is 2. The van der Waals surface area contributed by atoms with Gasteiger partial charge in [-0.3, -0.25) is 9.78 Å². The van der Waals surface area contributed by atoms with Crippen molar-refractivity contribution in [3.05, 3.63) is 83.9 Å². The maximum atomic E-state index is 13.1. The SMILES string of the molecule is Cc1cnc(C(=O)OCC(=O)c2c(-c3ccccc3)n(C)c3ccccc23)cn1. The minimum atomic E-state index is -0.674. The van der Waals surface area contributed by atoms with E-state index in [1.807, 2.05) is 66.2 Å². The number of rotatable bonds is 5. The fourth-order valence-corrected chi connectivity index (χ4v) is 3.38. The van der Waals surface area contributed by atoms with E-state index in [0.29, 0.717) is 11.3 Å². The molecule has 2 aromatic carbocycles. The van der Waals surface area contributed by atoms with Crippen LogP contribution in [0.3, 0.4) is 0 Å². The first-order chi connectivity index (χ1) is 14.1. The standard InChI is InChI=1S/C23H19N3O3/c1-15-12-25-18(13-24-15)23(28)29-14-20(27)21-17-10-6-7-11-19(17)26(2)22(21)16-8-4-3-5-9-16/h3-13H,14H2,1-2H3. The van der Waals surface area contributed by atoms with Gasteiger partial charge in [0.2, 0.25) is 5.78 Å². The van der Waals surface area contributed by atoms with Crippen LogP contribution in [0, 0.1) is 6.92 Å². The van der Waals surface area contributed by atoms with Gasteiger partial charge in [-0.1, -0.05) is 48.5 Å². The molecular weight excluding hydrogens is 366 g/mol. The zero-order chi connectivity index (χ0) is 20.4. The van der Waals surface area contributed by atoms with E-state index < -0.39 is 5.97 Å². The molecule has 29 heavy (non-hydrogen) atoms. The Morgan fingerprint density at radius 1 is 0.966 bits per heavy atom. The zero-order valence-corrected chi connectivity index (χ0v) is 16.1. The van der Waals surface area contributed by atoms with Gasteiger partial charge in [0.15, 0.2) is 12.3 Å². The Labute approximate surface area is 167 Å². The largest absolute Gasteiger partial charge is 0.453 e. The van der Waals surface area contributed by atoms with Crippen LogP contribution in [0.4, 0.5) is 0 Å². The lowest BCUT2D eigenvalue weighted by Crippen LogP contribution is -2.16. The van der Waals surface area contributed by atoms with E-state index in [-0.39, 0.29) is 18.1 Å². The van der Waals surface area contributed by atoms with Crippen molar-refractivity contribution in [3.63, 3.8) is 0 Å². The third-order valence-electron chi connectivity index (χ3n) is 4.76. The highest BCUT2D eigenvalue weighted by molar-refractivity contribution is 6.14. The molecular formula is C23H19N3O3. The molecule has 0 fully saturated rings. The number of hydrogen-bond acceptors (Lipinski definition) is 5. The molecule has 0 saturated heterocycles. The van der Waals surface area contributed by atoms with E-state index in [0.717, 1.165) is 22.2 Å². The molecule has 6 heteroatoms. The summed E-state index contributed by atoms with van der Waals surface area (Å²) in [6, 6.07) is 17.4. The van der Waals surface area contributed by atoms with Gasteiger partial charge in [-0.15, -0.1) is 0 Å². The Morgan fingerprint density at radius 2 is 1.69 bits per heavy atom. The molecule has 0 spiro atoms. The number of ether oxygens (including phenoxy) is 1. The molecule has 0 saturated carbocycles. The van der Waals surface area contributed by atoms with E-state index in [9.17, 15) is 9.59 Å². The second-order valence-corrected chi connectivity index (χ2v) is 6.71. The van der Waals surface area contributed by atoms with Crippen LogP contribution < -0.4 is 0 Å². The number of nitrogens with zero attached hydrogens (tertiary/aromatic N) is 3. The van der Waals surface area contributed by atoms with Gasteiger partial charge in [0.05, 0.1) is 23.1 Å². The van der Waals surface area contributed by atoms with Crippen molar-refractivity contribution in [2.75, 3.05) is 6.61 Å². The average Bonchev–Trinajstić information content (AvgIpc) is 3.06. The van der Waals surface area contributed by atoms with Crippen LogP contribution in [-0.2, 0) is 11.8 Å². The Morgan fingerprint density at radius 3 is 2.41 bits per heavy atom. The summed E-state index contributed by atoms with van der Waals surface area (Å²) in [4.78, 5) is 33.4. The molecule has 0 unspecified atom stereocenters.